The molecule has 5 heteroatoms. The molecule has 2 rings (SSSR count). The maximum Gasteiger partial charge on any atom is 0.253 e. The molecule has 0 saturated heterocycles. The molecule has 2 N–H and O–H groups in total. The molecule has 0 saturated carbocycles. The first-order valence-corrected chi connectivity index (χ1v) is 7.20. The number of nitrogens with zero attached hydrogens (tertiary/aromatic N) is 1. The Bertz CT molecular complexity index is 646. The number of nitrogens with two attached hydrogens (primary N) is 1. The summed E-state index contributed by atoms with van der Waals surface area (Å²) in [5.74, 6) is -0.0781. The van der Waals surface area contributed by atoms with Crippen molar-refractivity contribution in [3.63, 3.8) is 0 Å². The van der Waals surface area contributed by atoms with E-state index in [0.29, 0.717) is 27.3 Å². The number of benzene rings is 2. The lowest BCUT2D eigenvalue weighted by atomic mass is 10.1. The van der Waals surface area contributed by atoms with Gasteiger partial charge in [-0.3, -0.25) is 4.79 Å². The summed E-state index contributed by atoms with van der Waals surface area (Å²) in [6.07, 6.45) is 0. The molecule has 0 aliphatic carbocycles. The molecule has 0 fully saturated rings. The van der Waals surface area contributed by atoms with Crippen molar-refractivity contribution in [3.8, 4) is 0 Å². The number of hydrogen-bond acceptors (Lipinski definition) is 2. The van der Waals surface area contributed by atoms with Gasteiger partial charge in [-0.2, -0.15) is 0 Å². The van der Waals surface area contributed by atoms with Crippen LogP contribution in [-0.4, -0.2) is 17.9 Å². The maximum atomic E-state index is 12.3. The van der Waals surface area contributed by atoms with Crippen molar-refractivity contribution in [3.05, 3.63) is 63.1 Å². The molecule has 0 heterocycles. The normalized spacial score (nSPS) is 10.3. The van der Waals surface area contributed by atoms with Crippen LogP contribution in [0, 0.1) is 0 Å². The van der Waals surface area contributed by atoms with Crippen LogP contribution >= 0.6 is 27.5 Å². The number of anilines is 1. The molecule has 104 valence electrons. The molecule has 0 aliphatic heterocycles. The molecular formula is C15H14BrClN2O. The van der Waals surface area contributed by atoms with Gasteiger partial charge in [-0.05, 0) is 45.8 Å². The van der Waals surface area contributed by atoms with Crippen LogP contribution in [0.25, 0.3) is 0 Å². The van der Waals surface area contributed by atoms with E-state index in [1.807, 2.05) is 24.3 Å². The first-order chi connectivity index (χ1) is 9.49. The standard InChI is InChI=1S/C15H14BrClN2O/c1-19(9-11-4-2-3-5-14(11)18)15(20)10-6-7-13(17)12(16)8-10/h2-8H,9,18H2,1H3. The topological polar surface area (TPSA) is 46.3 Å². The molecule has 0 bridgehead atoms. The van der Waals surface area contributed by atoms with Gasteiger partial charge < -0.3 is 10.6 Å². The van der Waals surface area contributed by atoms with Crippen molar-refractivity contribution in [2.75, 3.05) is 12.8 Å². The van der Waals surface area contributed by atoms with Crippen LogP contribution in [0.5, 0.6) is 0 Å². The number of hydrogen-bond donors (Lipinski definition) is 1. The smallest absolute Gasteiger partial charge is 0.253 e. The highest BCUT2D eigenvalue weighted by molar-refractivity contribution is 9.10. The third kappa shape index (κ3) is 3.32. The predicted octanol–water partition coefficient (Wildman–Crippen LogP) is 3.96. The van der Waals surface area contributed by atoms with Crippen LogP contribution in [0.1, 0.15) is 15.9 Å². The molecule has 0 aliphatic rings. The fraction of sp³-hybridized carbons (Fsp3) is 0.133. The molecule has 2 aromatic rings. The number of para-hydroxylation sites is 1. The SMILES string of the molecule is CN(Cc1ccccc1N)C(=O)c1ccc(Cl)c(Br)c1. The number of halogens is 2. The average Bonchev–Trinajstić information content (AvgIpc) is 2.43. The second-order valence-corrected chi connectivity index (χ2v) is 5.75. The maximum absolute atomic E-state index is 12.3. The summed E-state index contributed by atoms with van der Waals surface area (Å²) in [4.78, 5) is 14.0. The van der Waals surface area contributed by atoms with Crippen molar-refractivity contribution in [1.29, 1.82) is 0 Å². The van der Waals surface area contributed by atoms with Gasteiger partial charge in [0.25, 0.3) is 5.91 Å². The lowest BCUT2D eigenvalue weighted by molar-refractivity contribution is 0.0785. The Kier molecular flexibility index (Phi) is 4.68. The van der Waals surface area contributed by atoms with Gasteiger partial charge in [0, 0.05) is 29.3 Å². The van der Waals surface area contributed by atoms with Crippen LogP contribution in [0.15, 0.2) is 46.9 Å². The van der Waals surface area contributed by atoms with Gasteiger partial charge in [0.1, 0.15) is 0 Å². The van der Waals surface area contributed by atoms with Gasteiger partial charge in [-0.1, -0.05) is 29.8 Å². The summed E-state index contributed by atoms with van der Waals surface area (Å²) >= 11 is 9.25. The van der Waals surface area contributed by atoms with Crippen LogP contribution in [-0.2, 0) is 6.54 Å². The van der Waals surface area contributed by atoms with E-state index in [4.69, 9.17) is 17.3 Å². The van der Waals surface area contributed by atoms with Crippen molar-refractivity contribution < 1.29 is 4.79 Å². The van der Waals surface area contributed by atoms with Gasteiger partial charge in [0.15, 0.2) is 0 Å². The molecule has 0 spiro atoms. The van der Waals surface area contributed by atoms with Gasteiger partial charge in [-0.25, -0.2) is 0 Å². The Balaban J connectivity index is 2.16. The molecular weight excluding hydrogens is 340 g/mol. The van der Waals surface area contributed by atoms with Crippen LogP contribution in [0.2, 0.25) is 5.02 Å². The zero-order valence-electron chi connectivity index (χ0n) is 10.9. The highest BCUT2D eigenvalue weighted by Gasteiger charge is 2.14. The van der Waals surface area contributed by atoms with E-state index in [2.05, 4.69) is 15.9 Å². The summed E-state index contributed by atoms with van der Waals surface area (Å²) in [5.41, 5.74) is 8.08. The van der Waals surface area contributed by atoms with Crippen molar-refractivity contribution in [1.82, 2.24) is 4.90 Å². The van der Waals surface area contributed by atoms with E-state index in [1.54, 1.807) is 30.1 Å². The molecule has 0 radical (unpaired) electrons. The first kappa shape index (κ1) is 14.9. The van der Waals surface area contributed by atoms with Crippen molar-refractivity contribution >= 4 is 39.1 Å². The fourth-order valence-corrected chi connectivity index (χ4v) is 2.35. The quantitative estimate of drug-likeness (QED) is 0.849. The summed E-state index contributed by atoms with van der Waals surface area (Å²) in [5, 5.41) is 0.580. The molecule has 0 aromatic heterocycles. The van der Waals surface area contributed by atoms with Crippen molar-refractivity contribution in [2.45, 2.75) is 6.54 Å². The Morgan fingerprint density at radius 3 is 2.65 bits per heavy atom. The van der Waals surface area contributed by atoms with E-state index in [1.165, 1.54) is 0 Å². The third-order valence-electron chi connectivity index (χ3n) is 2.98. The van der Waals surface area contributed by atoms with E-state index in [-0.39, 0.29) is 5.91 Å². The Hall–Kier alpha value is -1.52. The molecule has 20 heavy (non-hydrogen) atoms. The highest BCUT2D eigenvalue weighted by Crippen LogP contribution is 2.24. The number of carbonyl (C=O) groups is 1. The summed E-state index contributed by atoms with van der Waals surface area (Å²) in [6.45, 7) is 0.464. The Labute approximate surface area is 131 Å². The summed E-state index contributed by atoms with van der Waals surface area (Å²) in [6, 6.07) is 12.6. The number of carbonyl (C=O) groups excluding carboxylic acids is 1. The minimum absolute atomic E-state index is 0.0781. The monoisotopic (exact) mass is 352 g/mol. The molecule has 3 nitrogen and oxygen atoms in total. The molecule has 1 amide bonds. The minimum atomic E-state index is -0.0781. The van der Waals surface area contributed by atoms with Gasteiger partial charge >= 0.3 is 0 Å². The lowest BCUT2D eigenvalue weighted by Gasteiger charge is -2.18. The highest BCUT2D eigenvalue weighted by atomic mass is 79.9. The lowest BCUT2D eigenvalue weighted by Crippen LogP contribution is -2.26. The predicted molar refractivity (Wildman–Crippen MR) is 85.8 cm³/mol. The van der Waals surface area contributed by atoms with E-state index >= 15 is 0 Å². The summed E-state index contributed by atoms with van der Waals surface area (Å²) < 4.78 is 0.706. The zero-order valence-corrected chi connectivity index (χ0v) is 13.3. The van der Waals surface area contributed by atoms with Crippen molar-refractivity contribution in [2.24, 2.45) is 0 Å². The van der Waals surface area contributed by atoms with E-state index < -0.39 is 0 Å². The minimum Gasteiger partial charge on any atom is -0.398 e. The third-order valence-corrected chi connectivity index (χ3v) is 4.19. The van der Waals surface area contributed by atoms with Crippen LogP contribution in [0.3, 0.4) is 0 Å². The molecule has 2 aromatic carbocycles. The van der Waals surface area contributed by atoms with Crippen LogP contribution in [0.4, 0.5) is 5.69 Å². The Morgan fingerprint density at radius 2 is 2.00 bits per heavy atom. The zero-order chi connectivity index (χ0) is 14.7. The van der Waals surface area contributed by atoms with Gasteiger partial charge in [0.2, 0.25) is 0 Å². The molecule has 0 atom stereocenters. The largest absolute Gasteiger partial charge is 0.398 e. The molecule has 0 unspecified atom stereocenters. The second-order valence-electron chi connectivity index (χ2n) is 4.49. The van der Waals surface area contributed by atoms with Crippen LogP contribution < -0.4 is 5.73 Å². The second kappa shape index (κ2) is 6.29. The van der Waals surface area contributed by atoms with Gasteiger partial charge in [0.05, 0.1) is 5.02 Å². The average molecular weight is 354 g/mol. The number of nitrogen functional groups attached to an aromatic ring is 1. The Morgan fingerprint density at radius 1 is 1.30 bits per heavy atom. The van der Waals surface area contributed by atoms with E-state index in [0.717, 1.165) is 5.56 Å². The summed E-state index contributed by atoms with van der Waals surface area (Å²) in [7, 11) is 1.75. The first-order valence-electron chi connectivity index (χ1n) is 6.03. The van der Waals surface area contributed by atoms with E-state index in [9.17, 15) is 4.79 Å². The number of rotatable bonds is 3. The van der Waals surface area contributed by atoms with Gasteiger partial charge in [-0.15, -0.1) is 0 Å². The fourth-order valence-electron chi connectivity index (χ4n) is 1.86. The number of amides is 1.